The molecule has 1 fully saturated rings. The van der Waals surface area contributed by atoms with E-state index in [0.29, 0.717) is 12.5 Å². The zero-order valence-electron chi connectivity index (χ0n) is 19.1. The lowest BCUT2D eigenvalue weighted by atomic mass is 9.95. The predicted octanol–water partition coefficient (Wildman–Crippen LogP) is 5.20. The van der Waals surface area contributed by atoms with Gasteiger partial charge in [-0.25, -0.2) is 13.4 Å². The van der Waals surface area contributed by atoms with Crippen LogP contribution in [0.4, 0.5) is 18.9 Å². The number of fused-ring (bicyclic) bond motifs is 1. The number of nitrogens with one attached hydrogen (secondary N) is 1. The third-order valence-electron chi connectivity index (χ3n) is 7.10. The van der Waals surface area contributed by atoms with E-state index in [9.17, 15) is 21.6 Å². The van der Waals surface area contributed by atoms with Gasteiger partial charge >= 0.3 is 6.18 Å². The summed E-state index contributed by atoms with van der Waals surface area (Å²) in [4.78, 5) is 9.44. The number of sulfonamides is 1. The normalized spacial score (nSPS) is 20.1. The molecule has 1 unspecified atom stereocenters. The van der Waals surface area contributed by atoms with Crippen LogP contribution in [0.15, 0.2) is 66.0 Å². The molecule has 2 aromatic carbocycles. The Bertz CT molecular complexity index is 1250. The summed E-state index contributed by atoms with van der Waals surface area (Å²) in [5, 5.41) is 0. The number of imidazole rings is 1. The molecule has 0 radical (unpaired) electrons. The van der Waals surface area contributed by atoms with Gasteiger partial charge < -0.3 is 9.88 Å². The molecule has 0 amide bonds. The molecular weight excluding hydrogens is 477 g/mol. The molecule has 186 valence electrons. The van der Waals surface area contributed by atoms with Gasteiger partial charge in [0.05, 0.1) is 29.0 Å². The van der Waals surface area contributed by atoms with E-state index in [1.54, 1.807) is 12.5 Å². The van der Waals surface area contributed by atoms with Crippen molar-refractivity contribution in [2.24, 2.45) is 5.92 Å². The quantitative estimate of drug-likeness (QED) is 0.519. The Morgan fingerprint density at radius 1 is 1.03 bits per heavy atom. The maximum atomic E-state index is 13.7. The van der Waals surface area contributed by atoms with Crippen molar-refractivity contribution in [3.05, 3.63) is 77.9 Å². The highest BCUT2D eigenvalue weighted by molar-refractivity contribution is 7.89. The van der Waals surface area contributed by atoms with Crippen LogP contribution in [0.2, 0.25) is 0 Å². The van der Waals surface area contributed by atoms with Gasteiger partial charge in [-0.3, -0.25) is 0 Å². The minimum atomic E-state index is -4.52. The highest BCUT2D eigenvalue weighted by Gasteiger charge is 2.39. The van der Waals surface area contributed by atoms with Crippen molar-refractivity contribution >= 4 is 15.7 Å². The fraction of sp³-hybridized carbons (Fsp3) is 0.400. The lowest BCUT2D eigenvalue weighted by molar-refractivity contribution is -0.137. The number of H-pyrrole nitrogens is 1. The molecule has 1 atom stereocenters. The SMILES string of the molecule is O=S(=O)(c1ccc(C(F)(F)F)cc1)N1Cc2ccccc2N(Cc2cnc[nH]2)C(C2CCCC2)C1. The van der Waals surface area contributed by atoms with E-state index in [-0.39, 0.29) is 24.0 Å². The number of hydrogen-bond donors (Lipinski definition) is 1. The Morgan fingerprint density at radius 3 is 2.40 bits per heavy atom. The molecule has 2 aliphatic rings. The van der Waals surface area contributed by atoms with Crippen molar-refractivity contribution in [2.75, 3.05) is 11.4 Å². The number of alkyl halides is 3. The van der Waals surface area contributed by atoms with Crippen LogP contribution in [0.3, 0.4) is 0 Å². The van der Waals surface area contributed by atoms with Crippen LogP contribution >= 0.6 is 0 Å². The Balaban J connectivity index is 1.54. The van der Waals surface area contributed by atoms with Crippen molar-refractivity contribution in [1.29, 1.82) is 0 Å². The summed E-state index contributed by atoms with van der Waals surface area (Å²) < 4.78 is 68.0. The average Bonchev–Trinajstić information content (AvgIpc) is 3.52. The Morgan fingerprint density at radius 2 is 1.74 bits per heavy atom. The van der Waals surface area contributed by atoms with Crippen LogP contribution in [0.1, 0.15) is 42.5 Å². The first kappa shape index (κ1) is 23.9. The van der Waals surface area contributed by atoms with E-state index >= 15 is 0 Å². The summed E-state index contributed by atoms with van der Waals surface area (Å²) in [6, 6.07) is 11.5. The highest BCUT2D eigenvalue weighted by Crippen LogP contribution is 2.39. The predicted molar refractivity (Wildman–Crippen MR) is 126 cm³/mol. The maximum absolute atomic E-state index is 13.7. The molecule has 0 spiro atoms. The number of hydrogen-bond acceptors (Lipinski definition) is 4. The van der Waals surface area contributed by atoms with Gasteiger partial charge in [-0.1, -0.05) is 31.0 Å². The molecule has 1 saturated carbocycles. The van der Waals surface area contributed by atoms with Gasteiger partial charge in [-0.2, -0.15) is 17.5 Å². The summed E-state index contributed by atoms with van der Waals surface area (Å²) in [7, 11) is -4.02. The van der Waals surface area contributed by atoms with Gasteiger partial charge in [0, 0.05) is 31.0 Å². The molecule has 5 rings (SSSR count). The second-order valence-electron chi connectivity index (χ2n) is 9.27. The van der Waals surface area contributed by atoms with E-state index < -0.39 is 21.8 Å². The molecule has 1 aromatic heterocycles. The second-order valence-corrected chi connectivity index (χ2v) is 11.2. The standard InChI is InChI=1S/C25H27F3N4O2S/c26-25(27,28)20-9-11-22(12-10-20)35(33,34)31-14-19-7-3-4-8-23(19)32(15-21-13-29-17-30-21)24(16-31)18-5-1-2-6-18/h3-4,7-13,17-18,24H,1-2,5-6,14-16H2,(H,29,30). The van der Waals surface area contributed by atoms with Gasteiger partial charge in [-0.05, 0) is 54.7 Å². The van der Waals surface area contributed by atoms with Crippen molar-refractivity contribution < 1.29 is 21.6 Å². The third kappa shape index (κ3) is 4.81. The summed E-state index contributed by atoms with van der Waals surface area (Å²) in [6.45, 7) is 0.978. The number of anilines is 1. The van der Waals surface area contributed by atoms with E-state index in [4.69, 9.17) is 0 Å². The highest BCUT2D eigenvalue weighted by atomic mass is 32.2. The molecule has 2 heterocycles. The molecule has 1 aliphatic carbocycles. The molecule has 3 aromatic rings. The number of aromatic amines is 1. The molecule has 0 saturated heterocycles. The molecule has 1 N–H and O–H groups in total. The van der Waals surface area contributed by atoms with Crippen LogP contribution in [-0.2, 0) is 29.3 Å². The first-order chi connectivity index (χ1) is 16.7. The maximum Gasteiger partial charge on any atom is 0.416 e. The largest absolute Gasteiger partial charge is 0.416 e. The van der Waals surface area contributed by atoms with E-state index in [0.717, 1.165) is 66.9 Å². The van der Waals surface area contributed by atoms with E-state index in [1.165, 1.54) is 4.31 Å². The molecule has 1 aliphatic heterocycles. The number of halogens is 3. The van der Waals surface area contributed by atoms with Crippen molar-refractivity contribution in [2.45, 2.75) is 55.9 Å². The van der Waals surface area contributed by atoms with Gasteiger partial charge in [0.1, 0.15) is 0 Å². The van der Waals surface area contributed by atoms with Gasteiger partial charge in [0.15, 0.2) is 0 Å². The molecular formula is C25H27F3N4O2S. The smallest absolute Gasteiger partial charge is 0.361 e. The topological polar surface area (TPSA) is 69.3 Å². The summed E-state index contributed by atoms with van der Waals surface area (Å²) in [6.07, 6.45) is 3.12. The fourth-order valence-corrected chi connectivity index (χ4v) is 6.75. The first-order valence-electron chi connectivity index (χ1n) is 11.7. The van der Waals surface area contributed by atoms with Crippen molar-refractivity contribution in [3.63, 3.8) is 0 Å². The first-order valence-corrected chi connectivity index (χ1v) is 13.2. The second kappa shape index (κ2) is 9.31. The molecule has 10 heteroatoms. The zero-order chi connectivity index (χ0) is 24.6. The van der Waals surface area contributed by atoms with Crippen LogP contribution in [0, 0.1) is 5.92 Å². The van der Waals surface area contributed by atoms with Crippen LogP contribution in [-0.4, -0.2) is 35.3 Å². The average molecular weight is 505 g/mol. The van der Waals surface area contributed by atoms with Crippen LogP contribution in [0.5, 0.6) is 0 Å². The number of rotatable bonds is 5. The third-order valence-corrected chi connectivity index (χ3v) is 8.92. The lowest BCUT2D eigenvalue weighted by Gasteiger charge is -2.37. The molecule has 0 bridgehead atoms. The minimum absolute atomic E-state index is 0.0753. The lowest BCUT2D eigenvalue weighted by Crippen LogP contribution is -2.47. The number of aromatic nitrogens is 2. The molecule has 35 heavy (non-hydrogen) atoms. The fourth-order valence-electron chi connectivity index (χ4n) is 5.32. The van der Waals surface area contributed by atoms with Crippen molar-refractivity contribution in [1.82, 2.24) is 14.3 Å². The summed E-state index contributed by atoms with van der Waals surface area (Å²) >= 11 is 0. The number of benzene rings is 2. The Hall–Kier alpha value is -2.85. The van der Waals surface area contributed by atoms with Gasteiger partial charge in [-0.15, -0.1) is 0 Å². The van der Waals surface area contributed by atoms with Crippen molar-refractivity contribution in [3.8, 4) is 0 Å². The summed E-state index contributed by atoms with van der Waals surface area (Å²) in [5.41, 5.74) is 1.90. The number of para-hydroxylation sites is 1. The Kier molecular flexibility index (Phi) is 6.35. The zero-order valence-corrected chi connectivity index (χ0v) is 19.9. The van der Waals surface area contributed by atoms with E-state index in [2.05, 4.69) is 14.9 Å². The van der Waals surface area contributed by atoms with E-state index in [1.807, 2.05) is 24.3 Å². The molecule has 6 nitrogen and oxygen atoms in total. The van der Waals surface area contributed by atoms with Crippen LogP contribution < -0.4 is 4.90 Å². The van der Waals surface area contributed by atoms with Gasteiger partial charge in [0.2, 0.25) is 10.0 Å². The monoisotopic (exact) mass is 504 g/mol. The minimum Gasteiger partial charge on any atom is -0.361 e. The van der Waals surface area contributed by atoms with Crippen LogP contribution in [0.25, 0.3) is 0 Å². The Labute approximate surface area is 202 Å². The van der Waals surface area contributed by atoms with Gasteiger partial charge in [0.25, 0.3) is 0 Å². The number of nitrogens with zero attached hydrogens (tertiary/aromatic N) is 3. The summed E-state index contributed by atoms with van der Waals surface area (Å²) in [5.74, 6) is 0.314.